The van der Waals surface area contributed by atoms with Gasteiger partial charge in [0.05, 0.1) is 34.2 Å². The van der Waals surface area contributed by atoms with E-state index < -0.39 is 5.82 Å². The van der Waals surface area contributed by atoms with Crippen LogP contribution in [0, 0.1) is 5.82 Å². The van der Waals surface area contributed by atoms with Crippen molar-refractivity contribution in [2.24, 2.45) is 0 Å². The normalized spacial score (nSPS) is 15.0. The van der Waals surface area contributed by atoms with Gasteiger partial charge in [-0.25, -0.2) is 9.37 Å². The summed E-state index contributed by atoms with van der Waals surface area (Å²) in [5.41, 5.74) is 5.91. The Kier molecular flexibility index (Phi) is 4.81. The maximum Gasteiger partial charge on any atom is 0.184 e. The minimum atomic E-state index is -0.403. The lowest BCUT2D eigenvalue weighted by atomic mass is 9.95. The van der Waals surface area contributed by atoms with E-state index in [9.17, 15) is 0 Å². The maximum absolute atomic E-state index is 15.7. The molecule has 166 valence electrons. The number of hydrogen-bond acceptors (Lipinski definition) is 7. The molecular formula is C25H19FN8. The summed E-state index contributed by atoms with van der Waals surface area (Å²) in [7, 11) is 1.87. The van der Waals surface area contributed by atoms with Crippen LogP contribution < -0.4 is 10.6 Å². The molecule has 0 amide bonds. The highest BCUT2D eigenvalue weighted by molar-refractivity contribution is 5.96. The number of fused-ring (bicyclic) bond motifs is 2. The SMILES string of the molecule is CNC1C=C(c2[nH]nc3ncc(-c4cccnc4)c(F)c23)Nc2ccnc(-c3ccccn3)c21. The van der Waals surface area contributed by atoms with Crippen molar-refractivity contribution in [3.63, 3.8) is 0 Å². The summed E-state index contributed by atoms with van der Waals surface area (Å²) in [6.45, 7) is 0. The van der Waals surface area contributed by atoms with Crippen LogP contribution in [0.15, 0.2) is 73.5 Å². The third-order valence-electron chi connectivity index (χ3n) is 5.88. The summed E-state index contributed by atoms with van der Waals surface area (Å²) in [5, 5.41) is 14.3. The average molecular weight is 450 g/mol. The molecule has 34 heavy (non-hydrogen) atoms. The van der Waals surface area contributed by atoms with E-state index in [1.54, 1.807) is 36.9 Å². The topological polar surface area (TPSA) is 104 Å². The van der Waals surface area contributed by atoms with Gasteiger partial charge in [-0.3, -0.25) is 20.1 Å². The van der Waals surface area contributed by atoms with Crippen molar-refractivity contribution in [1.29, 1.82) is 0 Å². The summed E-state index contributed by atoms with van der Waals surface area (Å²) in [4.78, 5) is 17.5. The third kappa shape index (κ3) is 3.22. The van der Waals surface area contributed by atoms with Gasteiger partial charge in [-0.1, -0.05) is 12.1 Å². The first-order chi connectivity index (χ1) is 16.7. The van der Waals surface area contributed by atoms with Crippen molar-refractivity contribution in [3.8, 4) is 22.5 Å². The van der Waals surface area contributed by atoms with Gasteiger partial charge in [-0.05, 0) is 37.4 Å². The number of rotatable bonds is 4. The van der Waals surface area contributed by atoms with E-state index in [-0.39, 0.29) is 6.04 Å². The summed E-state index contributed by atoms with van der Waals surface area (Å²) in [6.07, 6.45) is 10.2. The van der Waals surface area contributed by atoms with Gasteiger partial charge in [0.25, 0.3) is 0 Å². The summed E-state index contributed by atoms with van der Waals surface area (Å²) < 4.78 is 15.7. The Morgan fingerprint density at radius 3 is 2.71 bits per heavy atom. The summed E-state index contributed by atoms with van der Waals surface area (Å²) in [6, 6.07) is 11.0. The van der Waals surface area contributed by atoms with Crippen LogP contribution in [0.5, 0.6) is 0 Å². The number of likely N-dealkylation sites (N-methyl/N-ethyl adjacent to an activating group) is 1. The third-order valence-corrected chi connectivity index (χ3v) is 5.88. The number of anilines is 1. The second-order valence-corrected chi connectivity index (χ2v) is 7.83. The second kappa shape index (κ2) is 8.13. The Morgan fingerprint density at radius 1 is 0.971 bits per heavy atom. The minimum absolute atomic E-state index is 0.187. The Balaban J connectivity index is 1.49. The molecule has 0 aromatic carbocycles. The van der Waals surface area contributed by atoms with E-state index in [0.29, 0.717) is 33.6 Å². The molecular weight excluding hydrogens is 431 g/mol. The van der Waals surface area contributed by atoms with Gasteiger partial charge < -0.3 is 10.6 Å². The van der Waals surface area contributed by atoms with Crippen molar-refractivity contribution in [3.05, 3.63) is 90.5 Å². The lowest BCUT2D eigenvalue weighted by Crippen LogP contribution is -2.22. The number of H-pyrrole nitrogens is 1. The van der Waals surface area contributed by atoms with E-state index in [0.717, 1.165) is 22.6 Å². The maximum atomic E-state index is 15.7. The molecule has 5 aromatic heterocycles. The monoisotopic (exact) mass is 450 g/mol. The standard InChI is InChI=1S/C25H19FN8/c1-27-18-11-19(32-16-7-10-30-23(20(16)18)17-6-2-3-9-29-17)24-21-22(26)15(13-31-25(21)34-33-24)14-5-4-8-28-12-14/h2-13,18,27,32H,1H3,(H,31,33,34). The summed E-state index contributed by atoms with van der Waals surface area (Å²) in [5.74, 6) is -0.403. The Labute approximate surface area is 194 Å². The molecule has 5 aromatic rings. The largest absolute Gasteiger partial charge is 0.354 e. The van der Waals surface area contributed by atoms with Gasteiger partial charge in [0, 0.05) is 53.4 Å². The fourth-order valence-electron chi connectivity index (χ4n) is 4.28. The first kappa shape index (κ1) is 20.1. The van der Waals surface area contributed by atoms with Crippen LogP contribution in [-0.2, 0) is 0 Å². The van der Waals surface area contributed by atoms with E-state index in [1.165, 1.54) is 6.20 Å². The number of pyridine rings is 4. The molecule has 9 heteroatoms. The molecule has 0 aliphatic carbocycles. The van der Waals surface area contributed by atoms with E-state index >= 15 is 4.39 Å². The van der Waals surface area contributed by atoms with Crippen LogP contribution >= 0.6 is 0 Å². The molecule has 1 unspecified atom stereocenters. The van der Waals surface area contributed by atoms with Crippen molar-refractivity contribution in [2.75, 3.05) is 12.4 Å². The molecule has 8 nitrogen and oxygen atoms in total. The zero-order valence-corrected chi connectivity index (χ0v) is 18.1. The van der Waals surface area contributed by atoms with Crippen LogP contribution in [0.2, 0.25) is 0 Å². The highest BCUT2D eigenvalue weighted by atomic mass is 19.1. The molecule has 1 atom stereocenters. The van der Waals surface area contributed by atoms with Crippen molar-refractivity contribution >= 4 is 22.4 Å². The second-order valence-electron chi connectivity index (χ2n) is 7.83. The van der Waals surface area contributed by atoms with Gasteiger partial charge >= 0.3 is 0 Å². The Bertz CT molecular complexity index is 1530. The predicted molar refractivity (Wildman–Crippen MR) is 128 cm³/mol. The van der Waals surface area contributed by atoms with Crippen LogP contribution in [-0.4, -0.2) is 37.2 Å². The van der Waals surface area contributed by atoms with Crippen molar-refractivity contribution in [2.45, 2.75) is 6.04 Å². The van der Waals surface area contributed by atoms with Crippen LogP contribution in [0.1, 0.15) is 17.3 Å². The molecule has 0 bridgehead atoms. The number of nitrogens with zero attached hydrogens (tertiary/aromatic N) is 5. The fraction of sp³-hybridized carbons (Fsp3) is 0.0800. The van der Waals surface area contributed by atoms with Crippen LogP contribution in [0.4, 0.5) is 10.1 Å². The first-order valence-electron chi connectivity index (χ1n) is 10.7. The Hall–Kier alpha value is -4.50. The highest BCUT2D eigenvalue weighted by Crippen LogP contribution is 2.40. The number of nitrogens with one attached hydrogen (secondary N) is 3. The molecule has 1 aliphatic heterocycles. The van der Waals surface area contributed by atoms with Crippen molar-refractivity contribution in [1.82, 2.24) is 35.5 Å². The van der Waals surface area contributed by atoms with Gasteiger partial charge in [-0.15, -0.1) is 0 Å². The molecule has 0 saturated heterocycles. The van der Waals surface area contributed by atoms with E-state index in [2.05, 4.69) is 40.8 Å². The number of halogens is 1. The molecule has 6 heterocycles. The minimum Gasteiger partial charge on any atom is -0.354 e. The number of aromatic amines is 1. The lowest BCUT2D eigenvalue weighted by Gasteiger charge is -2.27. The van der Waals surface area contributed by atoms with Crippen LogP contribution in [0.3, 0.4) is 0 Å². The van der Waals surface area contributed by atoms with Crippen LogP contribution in [0.25, 0.3) is 39.2 Å². The smallest absolute Gasteiger partial charge is 0.184 e. The lowest BCUT2D eigenvalue weighted by molar-refractivity contribution is 0.641. The first-order valence-corrected chi connectivity index (χ1v) is 10.7. The van der Waals surface area contributed by atoms with Gasteiger partial charge in [0.2, 0.25) is 0 Å². The predicted octanol–water partition coefficient (Wildman–Crippen LogP) is 4.34. The molecule has 0 saturated carbocycles. The quantitative estimate of drug-likeness (QED) is 0.374. The van der Waals surface area contributed by atoms with E-state index in [4.69, 9.17) is 0 Å². The molecule has 3 N–H and O–H groups in total. The fourth-order valence-corrected chi connectivity index (χ4v) is 4.28. The molecule has 0 fully saturated rings. The average Bonchev–Trinajstić information content (AvgIpc) is 3.34. The Morgan fingerprint density at radius 2 is 1.91 bits per heavy atom. The van der Waals surface area contributed by atoms with Gasteiger partial charge in [0.15, 0.2) is 5.65 Å². The zero-order chi connectivity index (χ0) is 23.1. The number of hydrogen-bond donors (Lipinski definition) is 3. The highest BCUT2D eigenvalue weighted by Gasteiger charge is 2.27. The van der Waals surface area contributed by atoms with Crippen molar-refractivity contribution < 1.29 is 4.39 Å². The van der Waals surface area contributed by atoms with Gasteiger partial charge in [0.1, 0.15) is 5.82 Å². The van der Waals surface area contributed by atoms with E-state index in [1.807, 2.05) is 37.4 Å². The molecule has 0 radical (unpaired) electrons. The summed E-state index contributed by atoms with van der Waals surface area (Å²) >= 11 is 0. The zero-order valence-electron chi connectivity index (χ0n) is 18.1. The molecule has 6 rings (SSSR count). The van der Waals surface area contributed by atoms with Gasteiger partial charge in [-0.2, -0.15) is 5.10 Å². The molecule has 1 aliphatic rings. The molecule has 0 spiro atoms. The number of aromatic nitrogens is 6.